The molecule has 1 aliphatic heterocycles. The third-order valence-electron chi connectivity index (χ3n) is 4.21. The summed E-state index contributed by atoms with van der Waals surface area (Å²) in [6.45, 7) is 3.64. The van der Waals surface area contributed by atoms with E-state index in [0.29, 0.717) is 17.6 Å². The van der Waals surface area contributed by atoms with Gasteiger partial charge in [0.25, 0.3) is 0 Å². The number of aromatic nitrogens is 2. The normalized spacial score (nSPS) is 17.5. The van der Waals surface area contributed by atoms with E-state index < -0.39 is 17.5 Å². The van der Waals surface area contributed by atoms with E-state index in [1.165, 1.54) is 6.07 Å². The van der Waals surface area contributed by atoms with Gasteiger partial charge in [0, 0.05) is 18.2 Å². The Labute approximate surface area is 155 Å². The van der Waals surface area contributed by atoms with Gasteiger partial charge in [0.1, 0.15) is 11.6 Å². The van der Waals surface area contributed by atoms with Gasteiger partial charge in [-0.15, -0.1) is 22.6 Å². The predicted octanol–water partition coefficient (Wildman–Crippen LogP) is 3.76. The van der Waals surface area contributed by atoms with Crippen LogP contribution in [-0.4, -0.2) is 34.4 Å². The summed E-state index contributed by atoms with van der Waals surface area (Å²) in [7, 11) is 0. The minimum absolute atomic E-state index is 0. The number of alkyl halides is 3. The van der Waals surface area contributed by atoms with E-state index in [1.807, 2.05) is 0 Å². The SMILES string of the molecule is Cc1cc(N[C@@H]2CCCNC2)nnc1-c1ccc(C(F)(F)F)cc1O.Cl. The molecule has 142 valence electrons. The maximum atomic E-state index is 12.7. The Morgan fingerprint density at radius 3 is 2.58 bits per heavy atom. The molecule has 9 heteroatoms. The summed E-state index contributed by atoms with van der Waals surface area (Å²) in [5.74, 6) is 0.144. The lowest BCUT2D eigenvalue weighted by Crippen LogP contribution is -2.38. The average molecular weight is 389 g/mol. The number of hydrogen-bond acceptors (Lipinski definition) is 5. The first kappa shape index (κ1) is 20.3. The van der Waals surface area contributed by atoms with Crippen LogP contribution < -0.4 is 10.6 Å². The zero-order chi connectivity index (χ0) is 18.0. The first-order chi connectivity index (χ1) is 11.8. The van der Waals surface area contributed by atoms with Crippen LogP contribution in [0.25, 0.3) is 11.3 Å². The number of nitrogens with zero attached hydrogens (tertiary/aromatic N) is 2. The summed E-state index contributed by atoms with van der Waals surface area (Å²) in [5, 5.41) is 24.8. The van der Waals surface area contributed by atoms with Gasteiger partial charge in [-0.25, -0.2) is 0 Å². The Bertz CT molecular complexity index is 764. The van der Waals surface area contributed by atoms with Crippen molar-refractivity contribution in [3.8, 4) is 17.0 Å². The van der Waals surface area contributed by atoms with E-state index in [-0.39, 0.29) is 24.0 Å². The fourth-order valence-electron chi connectivity index (χ4n) is 2.91. The molecule has 0 aliphatic carbocycles. The Hall–Kier alpha value is -2.06. The third-order valence-corrected chi connectivity index (χ3v) is 4.21. The van der Waals surface area contributed by atoms with Gasteiger partial charge in [-0.2, -0.15) is 13.2 Å². The van der Waals surface area contributed by atoms with Gasteiger partial charge in [0.2, 0.25) is 0 Å². The Kier molecular flexibility index (Phi) is 6.30. The molecule has 1 atom stereocenters. The highest BCUT2D eigenvalue weighted by atomic mass is 35.5. The van der Waals surface area contributed by atoms with Crippen LogP contribution >= 0.6 is 12.4 Å². The zero-order valence-corrected chi connectivity index (χ0v) is 14.9. The van der Waals surface area contributed by atoms with E-state index in [4.69, 9.17) is 0 Å². The van der Waals surface area contributed by atoms with Gasteiger partial charge in [-0.05, 0) is 56.1 Å². The maximum absolute atomic E-state index is 12.7. The zero-order valence-electron chi connectivity index (χ0n) is 14.1. The van der Waals surface area contributed by atoms with Crippen molar-refractivity contribution >= 4 is 18.2 Å². The van der Waals surface area contributed by atoms with Crippen molar-refractivity contribution in [2.45, 2.75) is 32.0 Å². The lowest BCUT2D eigenvalue weighted by Gasteiger charge is -2.24. The number of halogens is 4. The van der Waals surface area contributed by atoms with Gasteiger partial charge in [0.05, 0.1) is 11.3 Å². The molecule has 1 aromatic carbocycles. The number of aryl methyl sites for hydroxylation is 1. The van der Waals surface area contributed by atoms with E-state index in [9.17, 15) is 18.3 Å². The third kappa shape index (κ3) is 4.56. The van der Waals surface area contributed by atoms with E-state index in [1.54, 1.807) is 13.0 Å². The van der Waals surface area contributed by atoms with Crippen molar-refractivity contribution < 1.29 is 18.3 Å². The molecule has 0 spiro atoms. The number of phenolic OH excluding ortho intramolecular Hbond substituents is 1. The molecule has 1 aromatic heterocycles. The molecule has 2 heterocycles. The second-order valence-corrected chi connectivity index (χ2v) is 6.18. The molecular weight excluding hydrogens is 369 g/mol. The summed E-state index contributed by atoms with van der Waals surface area (Å²) in [4.78, 5) is 0. The van der Waals surface area contributed by atoms with Crippen LogP contribution in [-0.2, 0) is 6.18 Å². The first-order valence-corrected chi connectivity index (χ1v) is 8.07. The minimum atomic E-state index is -4.50. The topological polar surface area (TPSA) is 70.1 Å². The molecule has 0 radical (unpaired) electrons. The van der Waals surface area contributed by atoms with Gasteiger partial charge >= 0.3 is 6.18 Å². The van der Waals surface area contributed by atoms with Crippen molar-refractivity contribution in [2.75, 3.05) is 18.4 Å². The van der Waals surface area contributed by atoms with Crippen LogP contribution in [0, 0.1) is 6.92 Å². The van der Waals surface area contributed by atoms with Gasteiger partial charge in [0.15, 0.2) is 0 Å². The highest BCUT2D eigenvalue weighted by Crippen LogP contribution is 2.36. The quantitative estimate of drug-likeness (QED) is 0.746. The van der Waals surface area contributed by atoms with E-state index in [0.717, 1.165) is 37.6 Å². The summed E-state index contributed by atoms with van der Waals surface area (Å²) < 4.78 is 38.1. The number of benzene rings is 1. The van der Waals surface area contributed by atoms with Crippen LogP contribution in [0.1, 0.15) is 24.0 Å². The fourth-order valence-corrected chi connectivity index (χ4v) is 2.91. The van der Waals surface area contributed by atoms with Crippen LogP contribution in [0.2, 0.25) is 0 Å². The number of phenols is 1. The number of rotatable bonds is 3. The molecule has 0 bridgehead atoms. The molecule has 0 saturated carbocycles. The van der Waals surface area contributed by atoms with Crippen molar-refractivity contribution in [1.82, 2.24) is 15.5 Å². The Balaban J connectivity index is 0.00000243. The molecule has 2 aromatic rings. The predicted molar refractivity (Wildman–Crippen MR) is 95.6 cm³/mol. The number of nitrogens with one attached hydrogen (secondary N) is 2. The van der Waals surface area contributed by atoms with Crippen molar-refractivity contribution in [2.24, 2.45) is 0 Å². The van der Waals surface area contributed by atoms with E-state index >= 15 is 0 Å². The maximum Gasteiger partial charge on any atom is 0.416 e. The number of aromatic hydroxyl groups is 1. The summed E-state index contributed by atoms with van der Waals surface area (Å²) in [6.07, 6.45) is -2.38. The molecular formula is C17H20ClF3N4O. The second-order valence-electron chi connectivity index (χ2n) is 6.18. The van der Waals surface area contributed by atoms with Crippen LogP contribution in [0.4, 0.5) is 19.0 Å². The van der Waals surface area contributed by atoms with Gasteiger partial charge in [-0.3, -0.25) is 0 Å². The summed E-state index contributed by atoms with van der Waals surface area (Å²) in [6, 6.07) is 4.90. The van der Waals surface area contributed by atoms with Crippen LogP contribution in [0.15, 0.2) is 24.3 Å². The standard InChI is InChI=1S/C17H19F3N4O.ClH/c1-10-7-15(22-12-3-2-6-21-9-12)23-24-16(10)13-5-4-11(8-14(13)25)17(18,19)20;/h4-5,7-8,12,21,25H,2-3,6,9H2,1H3,(H,22,23);1H/t12-;/m1./s1. The lowest BCUT2D eigenvalue weighted by molar-refractivity contribution is -0.137. The largest absolute Gasteiger partial charge is 0.507 e. The monoisotopic (exact) mass is 388 g/mol. The summed E-state index contributed by atoms with van der Waals surface area (Å²) in [5.41, 5.74) is 0.404. The van der Waals surface area contributed by atoms with Crippen LogP contribution in [0.3, 0.4) is 0 Å². The second kappa shape index (κ2) is 8.09. The molecule has 3 rings (SSSR count). The number of piperidine rings is 1. The molecule has 3 N–H and O–H groups in total. The van der Waals surface area contributed by atoms with Crippen molar-refractivity contribution in [3.05, 3.63) is 35.4 Å². The number of anilines is 1. The first-order valence-electron chi connectivity index (χ1n) is 8.07. The Morgan fingerprint density at radius 2 is 2.00 bits per heavy atom. The molecule has 0 unspecified atom stereocenters. The van der Waals surface area contributed by atoms with Gasteiger partial charge in [-0.1, -0.05) is 0 Å². The molecule has 0 amide bonds. The smallest absolute Gasteiger partial charge is 0.416 e. The highest BCUT2D eigenvalue weighted by molar-refractivity contribution is 5.85. The van der Waals surface area contributed by atoms with E-state index in [2.05, 4.69) is 20.8 Å². The highest BCUT2D eigenvalue weighted by Gasteiger charge is 2.31. The van der Waals surface area contributed by atoms with Gasteiger partial charge < -0.3 is 15.7 Å². The average Bonchev–Trinajstić information content (AvgIpc) is 2.56. The van der Waals surface area contributed by atoms with Crippen LogP contribution in [0.5, 0.6) is 5.75 Å². The minimum Gasteiger partial charge on any atom is -0.507 e. The molecule has 1 aliphatic rings. The fraction of sp³-hybridized carbons (Fsp3) is 0.412. The molecule has 1 fully saturated rings. The molecule has 5 nitrogen and oxygen atoms in total. The molecule has 26 heavy (non-hydrogen) atoms. The number of hydrogen-bond donors (Lipinski definition) is 3. The molecule has 1 saturated heterocycles. The summed E-state index contributed by atoms with van der Waals surface area (Å²) >= 11 is 0. The lowest BCUT2D eigenvalue weighted by atomic mass is 10.0. The Morgan fingerprint density at radius 1 is 1.23 bits per heavy atom. The van der Waals surface area contributed by atoms with Crippen molar-refractivity contribution in [3.63, 3.8) is 0 Å². The van der Waals surface area contributed by atoms with Crippen molar-refractivity contribution in [1.29, 1.82) is 0 Å².